The van der Waals surface area contributed by atoms with Crippen molar-refractivity contribution in [1.82, 2.24) is 14.8 Å². The van der Waals surface area contributed by atoms with Crippen molar-refractivity contribution in [3.05, 3.63) is 106 Å². The van der Waals surface area contributed by atoms with E-state index >= 15 is 0 Å². The van der Waals surface area contributed by atoms with Crippen LogP contribution in [-0.4, -0.2) is 58.2 Å². The zero-order valence-corrected chi connectivity index (χ0v) is 22.4. The first kappa shape index (κ1) is 27.4. The summed E-state index contributed by atoms with van der Waals surface area (Å²) < 4.78 is 1.77. The van der Waals surface area contributed by atoms with E-state index in [0.29, 0.717) is 30.1 Å². The van der Waals surface area contributed by atoms with E-state index in [-0.39, 0.29) is 17.6 Å². The Labute approximate surface area is 227 Å². The Hall–Kier alpha value is -3.65. The van der Waals surface area contributed by atoms with E-state index in [1.165, 1.54) is 4.90 Å². The standard InChI is InChI=1S/C30H32ClN3O4/c1-19(32-17-28(35)22-7-5-9-25(31)15-22)12-20-10-11-26-24(13-20)16-27(30(37)38)34(26)18-21-6-4-8-23(14-21)29(36)33(2)3/h4-11,13-16,19,28,32,35H,12,17-18H2,1-3H3,(H,37,38)/t19?,28-/m0/s1. The van der Waals surface area contributed by atoms with Crippen LogP contribution in [-0.2, 0) is 13.0 Å². The molecule has 0 aliphatic rings. The molecule has 0 saturated carbocycles. The molecule has 3 aromatic carbocycles. The number of hydrogen-bond donors (Lipinski definition) is 3. The fraction of sp³-hybridized carbons (Fsp3) is 0.267. The SMILES string of the molecule is CC(Cc1ccc2c(c1)cc(C(=O)O)n2Cc1cccc(C(=O)N(C)C)c1)NC[C@H](O)c1cccc(Cl)c1. The quantitative estimate of drug-likeness (QED) is 0.267. The lowest BCUT2D eigenvalue weighted by Gasteiger charge is -2.18. The van der Waals surface area contributed by atoms with Gasteiger partial charge in [-0.1, -0.05) is 41.9 Å². The third kappa shape index (κ3) is 6.42. The lowest BCUT2D eigenvalue weighted by atomic mass is 10.0. The van der Waals surface area contributed by atoms with Crippen molar-refractivity contribution in [2.24, 2.45) is 0 Å². The predicted octanol–water partition coefficient (Wildman–Crippen LogP) is 5.00. The molecule has 0 aliphatic heterocycles. The number of fused-ring (bicyclic) bond motifs is 1. The van der Waals surface area contributed by atoms with E-state index in [1.807, 2.05) is 49.4 Å². The molecule has 3 N–H and O–H groups in total. The Balaban J connectivity index is 1.50. The van der Waals surface area contributed by atoms with Crippen molar-refractivity contribution in [1.29, 1.82) is 0 Å². The minimum absolute atomic E-state index is 0.0827. The second-order valence-corrected chi connectivity index (χ2v) is 10.2. The van der Waals surface area contributed by atoms with Gasteiger partial charge in [0.2, 0.25) is 0 Å². The summed E-state index contributed by atoms with van der Waals surface area (Å²) in [5, 5.41) is 25.2. The predicted molar refractivity (Wildman–Crippen MR) is 150 cm³/mol. The Morgan fingerprint density at radius 2 is 1.76 bits per heavy atom. The lowest BCUT2D eigenvalue weighted by Crippen LogP contribution is -2.32. The largest absolute Gasteiger partial charge is 0.477 e. The molecule has 1 aromatic heterocycles. The summed E-state index contributed by atoms with van der Waals surface area (Å²) in [5.41, 5.74) is 4.23. The zero-order chi connectivity index (χ0) is 27.4. The molecule has 0 bridgehead atoms. The van der Waals surface area contributed by atoms with Gasteiger partial charge in [-0.05, 0) is 72.5 Å². The number of aliphatic hydroxyl groups is 1. The fourth-order valence-corrected chi connectivity index (χ4v) is 4.81. The molecular weight excluding hydrogens is 502 g/mol. The van der Waals surface area contributed by atoms with Crippen LogP contribution in [0.1, 0.15) is 50.6 Å². The van der Waals surface area contributed by atoms with Crippen LogP contribution in [0.3, 0.4) is 0 Å². The summed E-state index contributed by atoms with van der Waals surface area (Å²) in [7, 11) is 3.40. The Morgan fingerprint density at radius 3 is 2.47 bits per heavy atom. The third-order valence-corrected chi connectivity index (χ3v) is 6.78. The molecule has 0 fully saturated rings. The molecule has 1 unspecified atom stereocenters. The highest BCUT2D eigenvalue weighted by Crippen LogP contribution is 2.24. The van der Waals surface area contributed by atoms with Gasteiger partial charge in [-0.2, -0.15) is 0 Å². The number of halogens is 1. The number of aliphatic hydroxyl groups excluding tert-OH is 1. The van der Waals surface area contributed by atoms with Crippen LogP contribution in [0.5, 0.6) is 0 Å². The molecule has 38 heavy (non-hydrogen) atoms. The van der Waals surface area contributed by atoms with Gasteiger partial charge < -0.3 is 25.0 Å². The molecule has 7 nitrogen and oxygen atoms in total. The van der Waals surface area contributed by atoms with Crippen molar-refractivity contribution in [3.63, 3.8) is 0 Å². The molecule has 4 rings (SSSR count). The molecule has 0 saturated heterocycles. The maximum absolute atomic E-state index is 12.4. The number of benzene rings is 3. The number of rotatable bonds is 10. The number of carboxylic acid groups (broad SMARTS) is 1. The van der Waals surface area contributed by atoms with Crippen molar-refractivity contribution in [2.75, 3.05) is 20.6 Å². The van der Waals surface area contributed by atoms with E-state index in [4.69, 9.17) is 11.6 Å². The van der Waals surface area contributed by atoms with Crippen LogP contribution < -0.4 is 5.32 Å². The Kier molecular flexibility index (Phi) is 8.52. The first-order valence-corrected chi connectivity index (χ1v) is 12.8. The van der Waals surface area contributed by atoms with Crippen LogP contribution in [0.2, 0.25) is 5.02 Å². The summed E-state index contributed by atoms with van der Waals surface area (Å²) in [6, 6.07) is 22.2. The molecule has 4 aromatic rings. The molecule has 8 heteroatoms. The highest BCUT2D eigenvalue weighted by Gasteiger charge is 2.17. The first-order chi connectivity index (χ1) is 18.1. The van der Waals surface area contributed by atoms with Crippen molar-refractivity contribution >= 4 is 34.4 Å². The van der Waals surface area contributed by atoms with Crippen LogP contribution in [0, 0.1) is 0 Å². The summed E-state index contributed by atoms with van der Waals surface area (Å²) >= 11 is 6.03. The molecule has 0 spiro atoms. The van der Waals surface area contributed by atoms with Gasteiger partial charge in [0.05, 0.1) is 6.10 Å². The van der Waals surface area contributed by atoms with Crippen LogP contribution in [0.4, 0.5) is 0 Å². The molecule has 1 amide bonds. The average Bonchev–Trinajstić information content (AvgIpc) is 3.24. The minimum Gasteiger partial charge on any atom is -0.477 e. The maximum Gasteiger partial charge on any atom is 0.352 e. The molecule has 0 radical (unpaired) electrons. The van der Waals surface area contributed by atoms with Gasteiger partial charge in [0.15, 0.2) is 0 Å². The van der Waals surface area contributed by atoms with Crippen molar-refractivity contribution in [2.45, 2.75) is 32.0 Å². The summed E-state index contributed by atoms with van der Waals surface area (Å²) in [4.78, 5) is 26.0. The van der Waals surface area contributed by atoms with Crippen LogP contribution in [0.15, 0.2) is 72.8 Å². The van der Waals surface area contributed by atoms with Gasteiger partial charge in [0.1, 0.15) is 5.69 Å². The van der Waals surface area contributed by atoms with Crippen LogP contribution in [0.25, 0.3) is 10.9 Å². The van der Waals surface area contributed by atoms with Gasteiger partial charge in [-0.3, -0.25) is 4.79 Å². The van der Waals surface area contributed by atoms with Crippen molar-refractivity contribution < 1.29 is 19.8 Å². The topological polar surface area (TPSA) is 94.8 Å². The molecular formula is C30H32ClN3O4. The van der Waals surface area contributed by atoms with Gasteiger partial charge in [-0.15, -0.1) is 0 Å². The van der Waals surface area contributed by atoms with E-state index in [2.05, 4.69) is 5.32 Å². The number of nitrogens with zero attached hydrogens (tertiary/aromatic N) is 2. The van der Waals surface area contributed by atoms with E-state index in [9.17, 15) is 19.8 Å². The van der Waals surface area contributed by atoms with Gasteiger partial charge >= 0.3 is 5.97 Å². The second kappa shape index (κ2) is 11.8. The number of hydrogen-bond acceptors (Lipinski definition) is 4. The number of carbonyl (C=O) groups is 2. The second-order valence-electron chi connectivity index (χ2n) is 9.80. The summed E-state index contributed by atoms with van der Waals surface area (Å²) in [5.74, 6) is -1.11. The monoisotopic (exact) mass is 533 g/mol. The smallest absolute Gasteiger partial charge is 0.352 e. The third-order valence-electron chi connectivity index (χ3n) is 6.54. The van der Waals surface area contributed by atoms with Gasteiger partial charge in [0, 0.05) is 54.7 Å². The number of carbonyl (C=O) groups excluding carboxylic acids is 1. The highest BCUT2D eigenvalue weighted by molar-refractivity contribution is 6.30. The number of aromatic nitrogens is 1. The fourth-order valence-electron chi connectivity index (χ4n) is 4.61. The average molecular weight is 534 g/mol. The van der Waals surface area contributed by atoms with E-state index in [0.717, 1.165) is 27.6 Å². The number of amides is 1. The Morgan fingerprint density at radius 1 is 1.00 bits per heavy atom. The number of aromatic carboxylic acids is 1. The first-order valence-electron chi connectivity index (χ1n) is 12.5. The van der Waals surface area contributed by atoms with Crippen molar-refractivity contribution in [3.8, 4) is 0 Å². The van der Waals surface area contributed by atoms with E-state index in [1.54, 1.807) is 49.0 Å². The lowest BCUT2D eigenvalue weighted by molar-refractivity contribution is 0.0685. The number of nitrogens with one attached hydrogen (secondary N) is 1. The van der Waals surface area contributed by atoms with Gasteiger partial charge in [0.25, 0.3) is 5.91 Å². The Bertz CT molecular complexity index is 1460. The molecule has 2 atom stereocenters. The van der Waals surface area contributed by atoms with E-state index < -0.39 is 12.1 Å². The van der Waals surface area contributed by atoms with Crippen LogP contribution >= 0.6 is 11.6 Å². The summed E-state index contributed by atoms with van der Waals surface area (Å²) in [6.07, 6.45) is 0.0397. The minimum atomic E-state index is -1.01. The summed E-state index contributed by atoms with van der Waals surface area (Å²) in [6.45, 7) is 2.77. The molecule has 0 aliphatic carbocycles. The molecule has 1 heterocycles. The van der Waals surface area contributed by atoms with Gasteiger partial charge in [-0.25, -0.2) is 4.79 Å². The zero-order valence-electron chi connectivity index (χ0n) is 21.7. The normalized spacial score (nSPS) is 12.9. The maximum atomic E-state index is 12.4. The molecule has 198 valence electrons. The number of carboxylic acids is 1. The highest BCUT2D eigenvalue weighted by atomic mass is 35.5.